The Hall–Kier alpha value is -1.63. The Morgan fingerprint density at radius 1 is 1.35 bits per heavy atom. The second-order valence-electron chi connectivity index (χ2n) is 5.98. The Morgan fingerprint density at radius 3 is 2.75 bits per heavy atom. The summed E-state index contributed by atoms with van der Waals surface area (Å²) in [4.78, 5) is 14.0. The first-order valence-electron chi connectivity index (χ1n) is 6.78. The first kappa shape index (κ1) is 12.1. The lowest BCUT2D eigenvalue weighted by Gasteiger charge is -2.55. The van der Waals surface area contributed by atoms with Crippen LogP contribution in [0, 0.1) is 5.41 Å². The van der Waals surface area contributed by atoms with E-state index in [4.69, 9.17) is 0 Å². The SMILES string of the molecule is CCc1c[nH]c2ncnc(N3CC4(C3)CS(=O)(=O)C4)c12. The highest BCUT2D eigenvalue weighted by Crippen LogP contribution is 2.44. The molecule has 0 amide bonds. The molecule has 2 aliphatic rings. The molecule has 4 rings (SSSR count). The van der Waals surface area contributed by atoms with Crippen LogP contribution in [0.1, 0.15) is 12.5 Å². The molecule has 2 saturated heterocycles. The number of H-pyrrole nitrogens is 1. The second kappa shape index (κ2) is 3.72. The predicted molar refractivity (Wildman–Crippen MR) is 76.6 cm³/mol. The van der Waals surface area contributed by atoms with Crippen molar-refractivity contribution in [1.82, 2.24) is 15.0 Å². The Balaban J connectivity index is 1.66. The summed E-state index contributed by atoms with van der Waals surface area (Å²) in [6.07, 6.45) is 4.47. The smallest absolute Gasteiger partial charge is 0.151 e. The largest absolute Gasteiger partial charge is 0.355 e. The van der Waals surface area contributed by atoms with Crippen LogP contribution in [-0.4, -0.2) is 48.0 Å². The van der Waals surface area contributed by atoms with Crippen molar-refractivity contribution in [2.75, 3.05) is 29.5 Å². The van der Waals surface area contributed by atoms with Crippen molar-refractivity contribution in [2.45, 2.75) is 13.3 Å². The summed E-state index contributed by atoms with van der Waals surface area (Å²) in [7, 11) is -2.77. The van der Waals surface area contributed by atoms with Crippen molar-refractivity contribution >= 4 is 26.7 Å². The summed E-state index contributed by atoms with van der Waals surface area (Å²) in [5.41, 5.74) is 2.05. The first-order valence-corrected chi connectivity index (χ1v) is 8.60. The fourth-order valence-corrected chi connectivity index (χ4v) is 5.66. The molecular weight excluding hydrogens is 276 g/mol. The number of hydrogen-bond donors (Lipinski definition) is 1. The number of sulfone groups is 1. The minimum atomic E-state index is -2.77. The minimum Gasteiger partial charge on any atom is -0.355 e. The quantitative estimate of drug-likeness (QED) is 0.884. The zero-order chi connectivity index (χ0) is 14.0. The molecule has 0 aliphatic carbocycles. The van der Waals surface area contributed by atoms with Gasteiger partial charge in [-0.05, 0) is 12.0 Å². The van der Waals surface area contributed by atoms with Gasteiger partial charge in [0.05, 0.1) is 16.9 Å². The summed E-state index contributed by atoms with van der Waals surface area (Å²) >= 11 is 0. The third-order valence-electron chi connectivity index (χ3n) is 4.32. The number of hydrogen-bond acceptors (Lipinski definition) is 5. The van der Waals surface area contributed by atoms with Gasteiger partial charge >= 0.3 is 0 Å². The molecular formula is C13H16N4O2S. The fourth-order valence-electron chi connectivity index (χ4n) is 3.51. The molecule has 20 heavy (non-hydrogen) atoms. The molecule has 7 heteroatoms. The molecule has 2 aliphatic heterocycles. The van der Waals surface area contributed by atoms with Gasteiger partial charge in [-0.25, -0.2) is 18.4 Å². The van der Waals surface area contributed by atoms with Gasteiger partial charge in [-0.3, -0.25) is 0 Å². The second-order valence-corrected chi connectivity index (χ2v) is 8.04. The van der Waals surface area contributed by atoms with Crippen LogP contribution in [0.25, 0.3) is 11.0 Å². The van der Waals surface area contributed by atoms with Gasteiger partial charge in [0.2, 0.25) is 0 Å². The van der Waals surface area contributed by atoms with Crippen LogP contribution in [0.3, 0.4) is 0 Å². The topological polar surface area (TPSA) is 79.0 Å². The van der Waals surface area contributed by atoms with Crippen molar-refractivity contribution < 1.29 is 8.42 Å². The van der Waals surface area contributed by atoms with Crippen LogP contribution in [-0.2, 0) is 16.3 Å². The lowest BCUT2D eigenvalue weighted by molar-refractivity contribution is 0.253. The molecule has 0 radical (unpaired) electrons. The van der Waals surface area contributed by atoms with E-state index in [0.29, 0.717) is 11.5 Å². The average Bonchev–Trinajstić information content (AvgIpc) is 2.75. The molecule has 4 heterocycles. The van der Waals surface area contributed by atoms with Gasteiger partial charge in [0, 0.05) is 24.7 Å². The summed E-state index contributed by atoms with van der Waals surface area (Å²) in [5.74, 6) is 1.60. The maximum absolute atomic E-state index is 11.4. The van der Waals surface area contributed by atoms with E-state index in [-0.39, 0.29) is 5.41 Å². The van der Waals surface area contributed by atoms with Gasteiger partial charge in [0.1, 0.15) is 17.8 Å². The Morgan fingerprint density at radius 2 is 2.10 bits per heavy atom. The zero-order valence-electron chi connectivity index (χ0n) is 11.3. The van der Waals surface area contributed by atoms with Crippen molar-refractivity contribution in [3.63, 3.8) is 0 Å². The monoisotopic (exact) mass is 292 g/mol. The molecule has 1 N–H and O–H groups in total. The summed E-state index contributed by atoms with van der Waals surface area (Å²) in [6.45, 7) is 3.68. The first-order chi connectivity index (χ1) is 9.52. The van der Waals surface area contributed by atoms with Gasteiger partial charge in [-0.2, -0.15) is 0 Å². The summed E-state index contributed by atoms with van der Waals surface area (Å²) < 4.78 is 22.7. The molecule has 106 valence electrons. The minimum absolute atomic E-state index is 0.0151. The van der Waals surface area contributed by atoms with Crippen molar-refractivity contribution in [3.05, 3.63) is 18.1 Å². The van der Waals surface area contributed by atoms with Crippen LogP contribution in [0.5, 0.6) is 0 Å². The normalized spacial score (nSPS) is 22.8. The number of fused-ring (bicyclic) bond motifs is 1. The number of nitrogens with one attached hydrogen (secondary N) is 1. The van der Waals surface area contributed by atoms with Crippen molar-refractivity contribution in [1.29, 1.82) is 0 Å². The van der Waals surface area contributed by atoms with E-state index in [1.165, 1.54) is 5.56 Å². The number of anilines is 1. The fraction of sp³-hybridized carbons (Fsp3) is 0.538. The molecule has 2 aromatic heterocycles. The lowest BCUT2D eigenvalue weighted by atomic mass is 9.82. The average molecular weight is 292 g/mol. The van der Waals surface area contributed by atoms with E-state index in [1.54, 1.807) is 6.33 Å². The molecule has 0 atom stereocenters. The van der Waals surface area contributed by atoms with Crippen molar-refractivity contribution in [3.8, 4) is 0 Å². The molecule has 0 bridgehead atoms. The number of nitrogens with zero attached hydrogens (tertiary/aromatic N) is 3. The summed E-state index contributed by atoms with van der Waals surface area (Å²) in [6, 6.07) is 0. The maximum atomic E-state index is 11.4. The van der Waals surface area contributed by atoms with E-state index >= 15 is 0 Å². The van der Waals surface area contributed by atoms with Crippen molar-refractivity contribution in [2.24, 2.45) is 5.41 Å². The Bertz CT molecular complexity index is 776. The Kier molecular flexibility index (Phi) is 2.26. The molecule has 1 spiro atoms. The molecule has 0 aromatic carbocycles. The van der Waals surface area contributed by atoms with Gasteiger partial charge in [-0.1, -0.05) is 6.92 Å². The van der Waals surface area contributed by atoms with E-state index in [2.05, 4.69) is 26.8 Å². The lowest BCUT2D eigenvalue weighted by Crippen LogP contribution is -2.68. The number of aryl methyl sites for hydroxylation is 1. The maximum Gasteiger partial charge on any atom is 0.151 e. The van der Waals surface area contributed by atoms with Crippen LogP contribution in [0.4, 0.5) is 5.82 Å². The van der Waals surface area contributed by atoms with Gasteiger partial charge in [0.25, 0.3) is 0 Å². The van der Waals surface area contributed by atoms with Gasteiger partial charge < -0.3 is 9.88 Å². The van der Waals surface area contributed by atoms with Crippen LogP contribution >= 0.6 is 0 Å². The molecule has 0 saturated carbocycles. The highest BCUT2D eigenvalue weighted by Gasteiger charge is 2.56. The number of aromatic nitrogens is 3. The van der Waals surface area contributed by atoms with Crippen LogP contribution in [0.2, 0.25) is 0 Å². The van der Waals surface area contributed by atoms with Gasteiger partial charge in [-0.15, -0.1) is 0 Å². The molecule has 2 fully saturated rings. The van der Waals surface area contributed by atoms with Crippen LogP contribution < -0.4 is 4.90 Å². The molecule has 0 unspecified atom stereocenters. The van der Waals surface area contributed by atoms with E-state index < -0.39 is 9.84 Å². The Labute approximate surface area is 117 Å². The highest BCUT2D eigenvalue weighted by molar-refractivity contribution is 7.92. The number of rotatable bonds is 2. The number of aromatic amines is 1. The van der Waals surface area contributed by atoms with E-state index in [9.17, 15) is 8.42 Å². The van der Waals surface area contributed by atoms with E-state index in [0.717, 1.165) is 36.4 Å². The predicted octanol–water partition coefficient (Wildman–Crippen LogP) is 0.755. The molecule has 2 aromatic rings. The third-order valence-corrected chi connectivity index (χ3v) is 6.42. The van der Waals surface area contributed by atoms with E-state index in [1.807, 2.05) is 6.20 Å². The molecule has 6 nitrogen and oxygen atoms in total. The highest BCUT2D eigenvalue weighted by atomic mass is 32.2. The zero-order valence-corrected chi connectivity index (χ0v) is 12.1. The third kappa shape index (κ3) is 1.59. The standard InChI is InChI=1S/C13H16N4O2S/c1-2-9-3-14-11-10(9)12(16-8-15-11)17-4-13(5-17)6-20(18,19)7-13/h3,8H,2,4-7H2,1H3,(H,14,15,16). The van der Waals surface area contributed by atoms with Gasteiger partial charge in [0.15, 0.2) is 9.84 Å². The summed E-state index contributed by atoms with van der Waals surface area (Å²) in [5, 5.41) is 1.08. The van der Waals surface area contributed by atoms with Crippen LogP contribution in [0.15, 0.2) is 12.5 Å².